The summed E-state index contributed by atoms with van der Waals surface area (Å²) < 4.78 is 0. The summed E-state index contributed by atoms with van der Waals surface area (Å²) in [5.41, 5.74) is 0. The lowest BCUT2D eigenvalue weighted by Crippen LogP contribution is -2.49. The van der Waals surface area contributed by atoms with Gasteiger partial charge in [0.1, 0.15) is 0 Å². The van der Waals surface area contributed by atoms with E-state index in [0.717, 1.165) is 31.0 Å². The maximum Gasteiger partial charge on any atom is 0.0107 e. The fourth-order valence-corrected chi connectivity index (χ4v) is 2.90. The van der Waals surface area contributed by atoms with E-state index in [1.165, 1.54) is 19.4 Å². The van der Waals surface area contributed by atoms with Crippen LogP contribution in [0.5, 0.6) is 0 Å². The highest BCUT2D eigenvalue weighted by Crippen LogP contribution is 2.26. The van der Waals surface area contributed by atoms with E-state index in [4.69, 9.17) is 0 Å². The van der Waals surface area contributed by atoms with Gasteiger partial charge in [-0.3, -0.25) is 4.90 Å². The van der Waals surface area contributed by atoms with Gasteiger partial charge in [0.2, 0.25) is 0 Å². The van der Waals surface area contributed by atoms with Crippen LogP contribution in [0.15, 0.2) is 0 Å². The second-order valence-electron chi connectivity index (χ2n) is 5.74. The molecule has 0 aromatic rings. The molecule has 1 N–H and O–H groups in total. The van der Waals surface area contributed by atoms with Crippen molar-refractivity contribution in [2.24, 2.45) is 11.8 Å². The lowest BCUT2D eigenvalue weighted by molar-refractivity contribution is 0.0643. The Morgan fingerprint density at radius 3 is 2.56 bits per heavy atom. The van der Waals surface area contributed by atoms with Crippen molar-refractivity contribution in [3.63, 3.8) is 0 Å². The lowest BCUT2D eigenvalue weighted by atomic mass is 9.90. The molecule has 0 aliphatic carbocycles. The summed E-state index contributed by atoms with van der Waals surface area (Å²) in [6, 6.07) is 1.48. The van der Waals surface area contributed by atoms with Crippen LogP contribution in [0.2, 0.25) is 0 Å². The van der Waals surface area contributed by atoms with Gasteiger partial charge in [-0.05, 0) is 58.2 Å². The van der Waals surface area contributed by atoms with Crippen molar-refractivity contribution in [2.45, 2.75) is 59.5 Å². The molecule has 1 fully saturated rings. The molecule has 1 heterocycles. The Morgan fingerprint density at radius 1 is 1.31 bits per heavy atom. The summed E-state index contributed by atoms with van der Waals surface area (Å²) in [5, 5.41) is 3.46. The molecule has 4 unspecified atom stereocenters. The summed E-state index contributed by atoms with van der Waals surface area (Å²) in [6.07, 6.45) is 2.75. The molecular weight excluding hydrogens is 196 g/mol. The molecule has 0 radical (unpaired) electrons. The maximum absolute atomic E-state index is 3.46. The first kappa shape index (κ1) is 14.0. The smallest absolute Gasteiger partial charge is 0.0107 e. The predicted molar refractivity (Wildman–Crippen MR) is 71.7 cm³/mol. The number of piperidine rings is 1. The van der Waals surface area contributed by atoms with Crippen LogP contribution in [0.3, 0.4) is 0 Å². The van der Waals surface area contributed by atoms with Crippen molar-refractivity contribution in [3.8, 4) is 0 Å². The van der Waals surface area contributed by atoms with E-state index in [1.54, 1.807) is 0 Å². The molecule has 1 saturated heterocycles. The van der Waals surface area contributed by atoms with Gasteiger partial charge in [0.25, 0.3) is 0 Å². The molecule has 1 rings (SSSR count). The van der Waals surface area contributed by atoms with Crippen molar-refractivity contribution in [1.29, 1.82) is 0 Å². The Hall–Kier alpha value is -0.0800. The molecular formula is C14H30N2. The highest BCUT2D eigenvalue weighted by molar-refractivity contribution is 4.83. The summed E-state index contributed by atoms with van der Waals surface area (Å²) in [6.45, 7) is 15.3. The van der Waals surface area contributed by atoms with Crippen molar-refractivity contribution < 1.29 is 0 Å². The van der Waals surface area contributed by atoms with E-state index >= 15 is 0 Å². The Labute approximate surface area is 102 Å². The monoisotopic (exact) mass is 226 g/mol. The number of rotatable bonds is 5. The quantitative estimate of drug-likeness (QED) is 0.775. The molecule has 1 aliphatic heterocycles. The molecule has 0 aromatic heterocycles. The van der Waals surface area contributed by atoms with E-state index in [9.17, 15) is 0 Å². The van der Waals surface area contributed by atoms with Crippen LogP contribution in [0.4, 0.5) is 0 Å². The minimum Gasteiger partial charge on any atom is -0.317 e. The minimum atomic E-state index is 0.710. The second-order valence-corrected chi connectivity index (χ2v) is 5.74. The molecule has 4 atom stereocenters. The molecule has 1 aliphatic rings. The third kappa shape index (κ3) is 3.74. The summed E-state index contributed by atoms with van der Waals surface area (Å²) >= 11 is 0. The molecule has 0 aromatic carbocycles. The summed E-state index contributed by atoms with van der Waals surface area (Å²) in [7, 11) is 0. The number of hydrogen-bond donors (Lipinski definition) is 1. The fraction of sp³-hybridized carbons (Fsp3) is 1.00. The Morgan fingerprint density at radius 2 is 2.00 bits per heavy atom. The zero-order valence-corrected chi connectivity index (χ0v) is 11.8. The van der Waals surface area contributed by atoms with Crippen molar-refractivity contribution in [1.82, 2.24) is 10.2 Å². The predicted octanol–water partition coefficient (Wildman–Crippen LogP) is 2.74. The first-order valence-electron chi connectivity index (χ1n) is 7.02. The van der Waals surface area contributed by atoms with Gasteiger partial charge >= 0.3 is 0 Å². The second kappa shape index (κ2) is 6.61. The van der Waals surface area contributed by atoms with E-state index in [-0.39, 0.29) is 0 Å². The van der Waals surface area contributed by atoms with Crippen LogP contribution in [0.1, 0.15) is 47.5 Å². The van der Waals surface area contributed by atoms with Gasteiger partial charge in [-0.25, -0.2) is 0 Å². The maximum atomic E-state index is 3.46. The van der Waals surface area contributed by atoms with Gasteiger partial charge in [-0.15, -0.1) is 0 Å². The van der Waals surface area contributed by atoms with Crippen molar-refractivity contribution in [2.75, 3.05) is 19.6 Å². The van der Waals surface area contributed by atoms with Crippen molar-refractivity contribution >= 4 is 0 Å². The van der Waals surface area contributed by atoms with Crippen molar-refractivity contribution in [3.05, 3.63) is 0 Å². The SMILES string of the molecule is CCNCC(C)C(C)N1CCC(C)CC1C. The van der Waals surface area contributed by atoms with Gasteiger partial charge in [0, 0.05) is 12.1 Å². The number of nitrogens with zero attached hydrogens (tertiary/aromatic N) is 1. The molecule has 0 spiro atoms. The number of likely N-dealkylation sites (tertiary alicyclic amines) is 1. The highest BCUT2D eigenvalue weighted by atomic mass is 15.2. The molecule has 96 valence electrons. The third-order valence-corrected chi connectivity index (χ3v) is 4.25. The minimum absolute atomic E-state index is 0.710. The van der Waals surface area contributed by atoms with Crippen LogP contribution in [0.25, 0.3) is 0 Å². The first-order valence-corrected chi connectivity index (χ1v) is 7.02. The Bertz CT molecular complexity index is 193. The van der Waals surface area contributed by atoms with E-state index < -0.39 is 0 Å². The zero-order chi connectivity index (χ0) is 12.1. The number of hydrogen-bond acceptors (Lipinski definition) is 2. The number of nitrogens with one attached hydrogen (secondary N) is 1. The van der Waals surface area contributed by atoms with E-state index in [2.05, 4.69) is 44.8 Å². The van der Waals surface area contributed by atoms with Gasteiger partial charge in [0.05, 0.1) is 0 Å². The zero-order valence-electron chi connectivity index (χ0n) is 11.8. The molecule has 16 heavy (non-hydrogen) atoms. The molecule has 0 saturated carbocycles. The largest absolute Gasteiger partial charge is 0.317 e. The average Bonchev–Trinajstić information content (AvgIpc) is 2.25. The Kier molecular flexibility index (Phi) is 5.77. The fourth-order valence-electron chi connectivity index (χ4n) is 2.90. The van der Waals surface area contributed by atoms with E-state index in [1.807, 2.05) is 0 Å². The van der Waals surface area contributed by atoms with E-state index in [0.29, 0.717) is 6.04 Å². The third-order valence-electron chi connectivity index (χ3n) is 4.25. The first-order chi connectivity index (χ1) is 7.56. The topological polar surface area (TPSA) is 15.3 Å². The van der Waals surface area contributed by atoms with Gasteiger partial charge in [-0.2, -0.15) is 0 Å². The van der Waals surface area contributed by atoms with Gasteiger partial charge < -0.3 is 5.32 Å². The van der Waals surface area contributed by atoms with Crippen LogP contribution >= 0.6 is 0 Å². The van der Waals surface area contributed by atoms with Crippen LogP contribution in [-0.2, 0) is 0 Å². The standard InChI is InChI=1S/C14H30N2/c1-6-15-10-12(3)14(5)16-8-7-11(2)9-13(16)4/h11-15H,6-10H2,1-5H3. The summed E-state index contributed by atoms with van der Waals surface area (Å²) in [4.78, 5) is 2.71. The molecule has 2 nitrogen and oxygen atoms in total. The molecule has 2 heteroatoms. The van der Waals surface area contributed by atoms with Gasteiger partial charge in [0.15, 0.2) is 0 Å². The molecule has 0 amide bonds. The van der Waals surface area contributed by atoms with Gasteiger partial charge in [-0.1, -0.05) is 20.8 Å². The molecule has 0 bridgehead atoms. The van der Waals surface area contributed by atoms with Crippen LogP contribution in [-0.4, -0.2) is 36.6 Å². The van der Waals surface area contributed by atoms with Crippen LogP contribution < -0.4 is 5.32 Å². The normalized spacial score (nSPS) is 31.3. The van der Waals surface area contributed by atoms with Crippen LogP contribution in [0, 0.1) is 11.8 Å². The summed E-state index contributed by atoms with van der Waals surface area (Å²) in [5.74, 6) is 1.67. The lowest BCUT2D eigenvalue weighted by Gasteiger charge is -2.42. The highest BCUT2D eigenvalue weighted by Gasteiger charge is 2.28. The average molecular weight is 226 g/mol. The Balaban J connectivity index is 2.42.